The Bertz CT molecular complexity index is 262. The number of hydrogen-bond acceptors (Lipinski definition) is 1. The highest BCUT2D eigenvalue weighted by Crippen LogP contribution is 2.00. The largest absolute Gasteiger partial charge is 0.297 e. The van der Waals surface area contributed by atoms with Gasteiger partial charge in [0.2, 0.25) is 0 Å². The molecule has 0 saturated heterocycles. The maximum absolute atomic E-state index is 4.38. The molecule has 14 heavy (non-hydrogen) atoms. The van der Waals surface area contributed by atoms with Gasteiger partial charge in [-0.05, 0) is 30.5 Å². The van der Waals surface area contributed by atoms with Gasteiger partial charge in [-0.25, -0.2) is 0 Å². The SMILES string of the molecule is CC(C)CC=NCCc1ccccc1. The zero-order valence-electron chi connectivity index (χ0n) is 9.11. The second-order valence-corrected chi connectivity index (χ2v) is 3.95. The molecule has 0 spiro atoms. The zero-order valence-corrected chi connectivity index (χ0v) is 9.11. The molecule has 0 N–H and O–H groups in total. The predicted octanol–water partition coefficient (Wildman–Crippen LogP) is 3.35. The first kappa shape index (κ1) is 11.0. The summed E-state index contributed by atoms with van der Waals surface area (Å²) in [6.07, 6.45) is 4.19. The molecule has 0 heterocycles. The van der Waals surface area contributed by atoms with Crippen LogP contribution in [0, 0.1) is 5.92 Å². The van der Waals surface area contributed by atoms with Gasteiger partial charge in [-0.1, -0.05) is 44.2 Å². The number of rotatable bonds is 5. The van der Waals surface area contributed by atoms with Gasteiger partial charge in [-0.3, -0.25) is 4.99 Å². The summed E-state index contributed by atoms with van der Waals surface area (Å²) in [6.45, 7) is 5.34. The Morgan fingerprint density at radius 2 is 1.93 bits per heavy atom. The van der Waals surface area contributed by atoms with E-state index in [0.717, 1.165) is 25.3 Å². The van der Waals surface area contributed by atoms with Gasteiger partial charge in [0.1, 0.15) is 0 Å². The van der Waals surface area contributed by atoms with E-state index in [1.807, 2.05) is 12.3 Å². The molecule has 1 heteroatoms. The van der Waals surface area contributed by atoms with E-state index in [1.54, 1.807) is 0 Å². The maximum Gasteiger partial charge on any atom is 0.0425 e. The molecule has 0 fully saturated rings. The quantitative estimate of drug-likeness (QED) is 0.630. The van der Waals surface area contributed by atoms with E-state index in [4.69, 9.17) is 0 Å². The van der Waals surface area contributed by atoms with Gasteiger partial charge in [-0.15, -0.1) is 0 Å². The normalized spacial score (nSPS) is 11.4. The van der Waals surface area contributed by atoms with Gasteiger partial charge in [0.25, 0.3) is 0 Å². The monoisotopic (exact) mass is 189 g/mol. The van der Waals surface area contributed by atoms with Crippen molar-refractivity contribution in [2.45, 2.75) is 26.7 Å². The molecule has 0 amide bonds. The highest BCUT2D eigenvalue weighted by Gasteiger charge is 1.90. The van der Waals surface area contributed by atoms with Crippen LogP contribution in [-0.4, -0.2) is 12.8 Å². The second kappa shape index (κ2) is 6.36. The summed E-state index contributed by atoms with van der Waals surface area (Å²) < 4.78 is 0. The van der Waals surface area contributed by atoms with Crippen LogP contribution >= 0.6 is 0 Å². The van der Waals surface area contributed by atoms with Crippen LogP contribution in [0.1, 0.15) is 25.8 Å². The summed E-state index contributed by atoms with van der Waals surface area (Å²) in [4.78, 5) is 4.38. The van der Waals surface area contributed by atoms with Crippen LogP contribution in [-0.2, 0) is 6.42 Å². The first-order valence-electron chi connectivity index (χ1n) is 5.31. The predicted molar refractivity (Wildman–Crippen MR) is 63.0 cm³/mol. The van der Waals surface area contributed by atoms with E-state index in [2.05, 4.69) is 43.1 Å². The maximum atomic E-state index is 4.38. The first-order valence-corrected chi connectivity index (χ1v) is 5.31. The topological polar surface area (TPSA) is 12.4 Å². The third kappa shape index (κ3) is 4.80. The van der Waals surface area contributed by atoms with Crippen molar-refractivity contribution in [2.24, 2.45) is 10.9 Å². The third-order valence-corrected chi connectivity index (χ3v) is 2.08. The van der Waals surface area contributed by atoms with Crippen molar-refractivity contribution in [1.82, 2.24) is 0 Å². The smallest absolute Gasteiger partial charge is 0.0425 e. The van der Waals surface area contributed by atoms with Crippen LogP contribution in [0.4, 0.5) is 0 Å². The first-order chi connectivity index (χ1) is 6.79. The molecule has 0 aromatic heterocycles. The minimum Gasteiger partial charge on any atom is -0.297 e. The lowest BCUT2D eigenvalue weighted by Gasteiger charge is -1.98. The Morgan fingerprint density at radius 3 is 2.57 bits per heavy atom. The van der Waals surface area contributed by atoms with Gasteiger partial charge in [0.15, 0.2) is 0 Å². The number of nitrogens with zero attached hydrogens (tertiary/aromatic N) is 1. The lowest BCUT2D eigenvalue weighted by Crippen LogP contribution is -1.92. The molecular weight excluding hydrogens is 170 g/mol. The molecule has 0 aliphatic rings. The number of hydrogen-bond donors (Lipinski definition) is 0. The van der Waals surface area contributed by atoms with Crippen molar-refractivity contribution in [1.29, 1.82) is 0 Å². The molecule has 0 aliphatic carbocycles. The number of aliphatic imine (C=N–C) groups is 1. The lowest BCUT2D eigenvalue weighted by molar-refractivity contribution is 0.689. The number of benzene rings is 1. The second-order valence-electron chi connectivity index (χ2n) is 3.95. The van der Waals surface area contributed by atoms with Crippen LogP contribution in [0.2, 0.25) is 0 Å². The van der Waals surface area contributed by atoms with E-state index in [0.29, 0.717) is 0 Å². The van der Waals surface area contributed by atoms with Crippen molar-refractivity contribution in [3.8, 4) is 0 Å². The Hall–Kier alpha value is -1.11. The van der Waals surface area contributed by atoms with Gasteiger partial charge in [0.05, 0.1) is 0 Å². The van der Waals surface area contributed by atoms with Crippen molar-refractivity contribution in [3.63, 3.8) is 0 Å². The van der Waals surface area contributed by atoms with Gasteiger partial charge in [0, 0.05) is 6.54 Å². The van der Waals surface area contributed by atoms with E-state index in [1.165, 1.54) is 5.56 Å². The molecule has 0 bridgehead atoms. The van der Waals surface area contributed by atoms with Gasteiger partial charge < -0.3 is 0 Å². The molecular formula is C13H19N. The Labute approximate surface area is 86.9 Å². The summed E-state index contributed by atoms with van der Waals surface area (Å²) in [7, 11) is 0. The van der Waals surface area contributed by atoms with Crippen molar-refractivity contribution in [3.05, 3.63) is 35.9 Å². The van der Waals surface area contributed by atoms with Crippen molar-refractivity contribution >= 4 is 6.21 Å². The Morgan fingerprint density at radius 1 is 1.21 bits per heavy atom. The van der Waals surface area contributed by atoms with Crippen molar-refractivity contribution < 1.29 is 0 Å². The molecule has 0 aliphatic heterocycles. The van der Waals surface area contributed by atoms with Gasteiger partial charge >= 0.3 is 0 Å². The Kier molecular flexibility index (Phi) is 4.98. The highest BCUT2D eigenvalue weighted by atomic mass is 14.7. The van der Waals surface area contributed by atoms with Crippen LogP contribution in [0.3, 0.4) is 0 Å². The molecule has 0 saturated carbocycles. The van der Waals surface area contributed by atoms with Crippen molar-refractivity contribution in [2.75, 3.05) is 6.54 Å². The molecule has 1 nitrogen and oxygen atoms in total. The fourth-order valence-corrected chi connectivity index (χ4v) is 1.21. The fraction of sp³-hybridized carbons (Fsp3) is 0.462. The summed E-state index contributed by atoms with van der Waals surface area (Å²) in [6, 6.07) is 10.5. The van der Waals surface area contributed by atoms with E-state index < -0.39 is 0 Å². The molecule has 0 unspecified atom stereocenters. The van der Waals surface area contributed by atoms with Crippen LogP contribution in [0.5, 0.6) is 0 Å². The van der Waals surface area contributed by atoms with Gasteiger partial charge in [-0.2, -0.15) is 0 Å². The molecule has 1 rings (SSSR count). The third-order valence-electron chi connectivity index (χ3n) is 2.08. The zero-order chi connectivity index (χ0) is 10.2. The van der Waals surface area contributed by atoms with E-state index in [9.17, 15) is 0 Å². The molecule has 0 atom stereocenters. The standard InChI is InChI=1S/C13H19N/c1-12(2)8-10-14-11-9-13-6-4-3-5-7-13/h3-7,10,12H,8-9,11H2,1-2H3. The molecule has 1 aromatic rings. The highest BCUT2D eigenvalue weighted by molar-refractivity contribution is 5.57. The Balaban J connectivity index is 2.19. The summed E-state index contributed by atoms with van der Waals surface area (Å²) in [5, 5.41) is 0. The fourth-order valence-electron chi connectivity index (χ4n) is 1.21. The van der Waals surface area contributed by atoms with E-state index in [-0.39, 0.29) is 0 Å². The summed E-state index contributed by atoms with van der Waals surface area (Å²) >= 11 is 0. The minimum absolute atomic E-state index is 0.718. The lowest BCUT2D eigenvalue weighted by atomic mass is 10.1. The van der Waals surface area contributed by atoms with E-state index >= 15 is 0 Å². The molecule has 1 aromatic carbocycles. The molecule has 76 valence electrons. The summed E-state index contributed by atoms with van der Waals surface area (Å²) in [5.74, 6) is 0.718. The average Bonchev–Trinajstić information content (AvgIpc) is 2.18. The minimum atomic E-state index is 0.718. The van der Waals surface area contributed by atoms with Crippen LogP contribution in [0.25, 0.3) is 0 Å². The molecule has 0 radical (unpaired) electrons. The summed E-state index contributed by atoms with van der Waals surface area (Å²) in [5.41, 5.74) is 1.37. The van der Waals surface area contributed by atoms with Crippen LogP contribution in [0.15, 0.2) is 35.3 Å². The van der Waals surface area contributed by atoms with Crippen LogP contribution < -0.4 is 0 Å². The average molecular weight is 189 g/mol.